The summed E-state index contributed by atoms with van der Waals surface area (Å²) in [6.45, 7) is 0.229. The molecule has 0 fully saturated rings. The van der Waals surface area contributed by atoms with E-state index in [0.29, 0.717) is 16.3 Å². The maximum absolute atomic E-state index is 13.0. The van der Waals surface area contributed by atoms with Crippen LogP contribution in [0.2, 0.25) is 5.02 Å². The molecule has 2 aromatic heterocycles. The van der Waals surface area contributed by atoms with E-state index in [9.17, 15) is 19.7 Å². The second-order valence-corrected chi connectivity index (χ2v) is 8.57. The number of hydrogen-bond acceptors (Lipinski definition) is 6. The molecule has 2 heterocycles. The molecule has 1 aliphatic rings. The quantitative estimate of drug-likeness (QED) is 0.399. The van der Waals surface area contributed by atoms with Crippen LogP contribution in [0, 0.1) is 10.1 Å². The van der Waals surface area contributed by atoms with E-state index in [-0.39, 0.29) is 28.7 Å². The predicted molar refractivity (Wildman–Crippen MR) is 117 cm³/mol. The lowest BCUT2D eigenvalue weighted by Crippen LogP contribution is -2.25. The van der Waals surface area contributed by atoms with Gasteiger partial charge in [-0.1, -0.05) is 11.6 Å². The number of nitrogens with zero attached hydrogens (tertiary/aromatic N) is 1. The molecule has 2 N–H and O–H groups in total. The summed E-state index contributed by atoms with van der Waals surface area (Å²) in [4.78, 5) is 37.4. The number of benzene rings is 1. The van der Waals surface area contributed by atoms with Crippen LogP contribution in [-0.2, 0) is 19.4 Å². The van der Waals surface area contributed by atoms with E-state index in [0.717, 1.165) is 42.2 Å². The van der Waals surface area contributed by atoms with E-state index < -0.39 is 10.8 Å². The molecule has 4 rings (SSSR count). The van der Waals surface area contributed by atoms with E-state index >= 15 is 0 Å². The standard InChI is InChI=1S/C21H18ClN3O5S/c22-15-8-7-12(10-16(15)25(28)29)19(26)24-21-18(14-5-1-2-6-17(14)31-21)20(27)23-11-13-4-3-9-30-13/h3-4,7-10H,1-2,5-6,11H2,(H,23,27)(H,24,26). The fourth-order valence-electron chi connectivity index (χ4n) is 3.53. The van der Waals surface area contributed by atoms with Gasteiger partial charge in [-0.3, -0.25) is 19.7 Å². The average Bonchev–Trinajstić information content (AvgIpc) is 3.39. The zero-order chi connectivity index (χ0) is 22.0. The van der Waals surface area contributed by atoms with E-state index in [1.54, 1.807) is 12.1 Å². The Kier molecular flexibility index (Phi) is 6.06. The first kappa shape index (κ1) is 21.1. The molecule has 1 aromatic carbocycles. The highest BCUT2D eigenvalue weighted by molar-refractivity contribution is 7.17. The van der Waals surface area contributed by atoms with Crippen molar-refractivity contribution in [2.24, 2.45) is 0 Å². The minimum absolute atomic E-state index is 0.0499. The number of anilines is 1. The van der Waals surface area contributed by atoms with Gasteiger partial charge in [0.25, 0.3) is 17.5 Å². The topological polar surface area (TPSA) is 114 Å². The molecule has 3 aromatic rings. The van der Waals surface area contributed by atoms with Crippen molar-refractivity contribution in [2.45, 2.75) is 32.2 Å². The summed E-state index contributed by atoms with van der Waals surface area (Å²) in [6.07, 6.45) is 5.14. The number of rotatable bonds is 6. The molecule has 0 saturated carbocycles. The van der Waals surface area contributed by atoms with Gasteiger partial charge in [0.05, 0.1) is 23.3 Å². The Labute approximate surface area is 186 Å². The Morgan fingerprint density at radius 1 is 1.19 bits per heavy atom. The number of carbonyl (C=O) groups is 2. The monoisotopic (exact) mass is 459 g/mol. The summed E-state index contributed by atoms with van der Waals surface area (Å²) < 4.78 is 5.26. The second-order valence-electron chi connectivity index (χ2n) is 7.05. The number of fused-ring (bicyclic) bond motifs is 1. The number of furan rings is 1. The molecule has 0 aliphatic heterocycles. The van der Waals surface area contributed by atoms with Crippen molar-refractivity contribution in [1.29, 1.82) is 0 Å². The average molecular weight is 460 g/mol. The van der Waals surface area contributed by atoms with Gasteiger partial charge in [0, 0.05) is 16.5 Å². The first-order valence-electron chi connectivity index (χ1n) is 9.64. The molecule has 0 spiro atoms. The van der Waals surface area contributed by atoms with Gasteiger partial charge in [0.15, 0.2) is 0 Å². The minimum Gasteiger partial charge on any atom is -0.467 e. The largest absolute Gasteiger partial charge is 0.467 e. The van der Waals surface area contributed by atoms with Gasteiger partial charge in [-0.05, 0) is 55.5 Å². The third-order valence-corrected chi connectivity index (χ3v) is 6.56. The molecule has 0 saturated heterocycles. The molecule has 160 valence electrons. The Morgan fingerprint density at radius 2 is 2.00 bits per heavy atom. The fraction of sp³-hybridized carbons (Fsp3) is 0.238. The number of carbonyl (C=O) groups excluding carboxylic acids is 2. The molecule has 31 heavy (non-hydrogen) atoms. The molecule has 0 radical (unpaired) electrons. The first-order valence-corrected chi connectivity index (χ1v) is 10.8. The van der Waals surface area contributed by atoms with Gasteiger partial charge < -0.3 is 15.1 Å². The van der Waals surface area contributed by atoms with Crippen LogP contribution in [0.4, 0.5) is 10.7 Å². The molecule has 1 aliphatic carbocycles. The SMILES string of the molecule is O=C(Nc1sc2c(c1C(=O)NCc1ccco1)CCCC2)c1ccc(Cl)c([N+](=O)[O-])c1. The van der Waals surface area contributed by atoms with E-state index in [1.165, 1.54) is 29.7 Å². The molecule has 0 bridgehead atoms. The molecular formula is C21H18ClN3O5S. The molecule has 8 nitrogen and oxygen atoms in total. The number of nitro benzene ring substituents is 1. The molecule has 0 atom stereocenters. The van der Waals surface area contributed by atoms with Crippen molar-refractivity contribution in [1.82, 2.24) is 5.32 Å². The van der Waals surface area contributed by atoms with E-state index in [1.807, 2.05) is 0 Å². The number of hydrogen-bond donors (Lipinski definition) is 2. The zero-order valence-corrected chi connectivity index (χ0v) is 17.8. The molecular weight excluding hydrogens is 442 g/mol. The summed E-state index contributed by atoms with van der Waals surface area (Å²) in [7, 11) is 0. The maximum atomic E-state index is 13.0. The lowest BCUT2D eigenvalue weighted by molar-refractivity contribution is -0.384. The molecule has 2 amide bonds. The van der Waals surface area contributed by atoms with Crippen LogP contribution in [0.5, 0.6) is 0 Å². The minimum atomic E-state index is -0.642. The Balaban J connectivity index is 1.61. The smallest absolute Gasteiger partial charge is 0.288 e. The van der Waals surface area contributed by atoms with Crippen molar-refractivity contribution >= 4 is 45.4 Å². The van der Waals surface area contributed by atoms with E-state index in [4.69, 9.17) is 16.0 Å². The number of amides is 2. The van der Waals surface area contributed by atoms with Gasteiger partial charge in [0.1, 0.15) is 15.8 Å². The van der Waals surface area contributed by atoms with Crippen LogP contribution < -0.4 is 10.6 Å². The third-order valence-electron chi connectivity index (χ3n) is 5.03. The van der Waals surface area contributed by atoms with Crippen LogP contribution in [0.25, 0.3) is 0 Å². The second kappa shape index (κ2) is 8.91. The van der Waals surface area contributed by atoms with Crippen LogP contribution >= 0.6 is 22.9 Å². The summed E-state index contributed by atoms with van der Waals surface area (Å²) in [5, 5.41) is 17.1. The first-order chi connectivity index (χ1) is 14.9. The summed E-state index contributed by atoms with van der Waals surface area (Å²) >= 11 is 7.21. The predicted octanol–water partition coefficient (Wildman–Crippen LogP) is 4.96. The van der Waals surface area contributed by atoms with Crippen LogP contribution in [0.3, 0.4) is 0 Å². The van der Waals surface area contributed by atoms with Crippen molar-refractivity contribution < 1.29 is 18.9 Å². The fourth-order valence-corrected chi connectivity index (χ4v) is 5.00. The van der Waals surface area contributed by atoms with Gasteiger partial charge in [0.2, 0.25) is 0 Å². The van der Waals surface area contributed by atoms with Crippen molar-refractivity contribution in [3.63, 3.8) is 0 Å². The summed E-state index contributed by atoms with van der Waals surface area (Å²) in [5.74, 6) is -0.219. The van der Waals surface area contributed by atoms with E-state index in [2.05, 4.69) is 10.6 Å². The van der Waals surface area contributed by atoms with Gasteiger partial charge in [-0.2, -0.15) is 0 Å². The van der Waals surface area contributed by atoms with Gasteiger partial charge in [-0.25, -0.2) is 0 Å². The molecule has 0 unspecified atom stereocenters. The normalized spacial score (nSPS) is 12.8. The summed E-state index contributed by atoms with van der Waals surface area (Å²) in [5.41, 5.74) is 1.13. The van der Waals surface area contributed by atoms with Crippen LogP contribution in [-0.4, -0.2) is 16.7 Å². The highest BCUT2D eigenvalue weighted by Gasteiger charge is 2.27. The number of nitrogens with one attached hydrogen (secondary N) is 2. The highest BCUT2D eigenvalue weighted by Crippen LogP contribution is 2.38. The van der Waals surface area contributed by atoms with Crippen LogP contribution in [0.1, 0.15) is 49.8 Å². The molecule has 10 heteroatoms. The zero-order valence-electron chi connectivity index (χ0n) is 16.3. The number of halogens is 1. The highest BCUT2D eigenvalue weighted by atomic mass is 35.5. The number of aryl methyl sites for hydroxylation is 1. The van der Waals surface area contributed by atoms with Crippen molar-refractivity contribution in [2.75, 3.05) is 5.32 Å². The Morgan fingerprint density at radius 3 is 2.74 bits per heavy atom. The maximum Gasteiger partial charge on any atom is 0.288 e. The third kappa shape index (κ3) is 4.47. The Hall–Kier alpha value is -3.17. The number of thiophene rings is 1. The van der Waals surface area contributed by atoms with Gasteiger partial charge >= 0.3 is 0 Å². The van der Waals surface area contributed by atoms with Crippen molar-refractivity contribution in [3.8, 4) is 0 Å². The lowest BCUT2D eigenvalue weighted by atomic mass is 9.95. The summed E-state index contributed by atoms with van der Waals surface area (Å²) in [6, 6.07) is 7.35. The van der Waals surface area contributed by atoms with Gasteiger partial charge in [-0.15, -0.1) is 11.3 Å². The number of nitro groups is 1. The Bertz CT molecular complexity index is 1160. The van der Waals surface area contributed by atoms with Crippen molar-refractivity contribution in [3.05, 3.63) is 79.1 Å². The lowest BCUT2D eigenvalue weighted by Gasteiger charge is -2.13. The van der Waals surface area contributed by atoms with Crippen LogP contribution in [0.15, 0.2) is 41.0 Å².